The zero-order valence-electron chi connectivity index (χ0n) is 13.5. The largest absolute Gasteiger partial charge is 0.368 e. The van der Waals surface area contributed by atoms with Crippen molar-refractivity contribution in [1.29, 1.82) is 0 Å². The summed E-state index contributed by atoms with van der Waals surface area (Å²) in [7, 11) is 0. The van der Waals surface area contributed by atoms with Gasteiger partial charge in [-0.05, 0) is 36.8 Å². The number of benzene rings is 1. The van der Waals surface area contributed by atoms with E-state index in [0.717, 1.165) is 11.3 Å². The van der Waals surface area contributed by atoms with E-state index in [-0.39, 0.29) is 5.82 Å². The number of halogens is 1. The molecule has 0 spiro atoms. The molecule has 3 aromatic rings. The molecule has 126 valence electrons. The molecule has 0 saturated heterocycles. The fourth-order valence-electron chi connectivity index (χ4n) is 2.39. The van der Waals surface area contributed by atoms with E-state index >= 15 is 0 Å². The lowest BCUT2D eigenvalue weighted by Gasteiger charge is -2.17. The number of hydrogen-bond donors (Lipinski definition) is 2. The van der Waals surface area contributed by atoms with Crippen molar-refractivity contribution < 1.29 is 9.18 Å². The van der Waals surface area contributed by atoms with Gasteiger partial charge >= 0.3 is 0 Å². The van der Waals surface area contributed by atoms with Crippen molar-refractivity contribution in [3.8, 4) is 11.4 Å². The SMILES string of the molecule is Cc1cc(NC(C(N)=O)c2ccc(F)cc2)nc(-c2cccnc2)n1. The summed E-state index contributed by atoms with van der Waals surface area (Å²) in [5, 5.41) is 3.00. The lowest BCUT2D eigenvalue weighted by molar-refractivity contribution is -0.118. The Bertz CT molecular complexity index is 884. The van der Waals surface area contributed by atoms with E-state index in [0.29, 0.717) is 17.2 Å². The minimum atomic E-state index is -0.836. The summed E-state index contributed by atoms with van der Waals surface area (Å²) in [6.07, 6.45) is 3.32. The Kier molecular flexibility index (Phi) is 4.65. The Morgan fingerprint density at radius 2 is 1.96 bits per heavy atom. The molecule has 1 atom stereocenters. The molecule has 0 aliphatic rings. The van der Waals surface area contributed by atoms with E-state index in [2.05, 4.69) is 20.3 Å². The zero-order valence-corrected chi connectivity index (χ0v) is 13.5. The fourth-order valence-corrected chi connectivity index (χ4v) is 2.39. The number of hydrogen-bond acceptors (Lipinski definition) is 5. The molecule has 25 heavy (non-hydrogen) atoms. The number of nitrogens with zero attached hydrogens (tertiary/aromatic N) is 3. The van der Waals surface area contributed by atoms with Crippen molar-refractivity contribution >= 4 is 11.7 Å². The van der Waals surface area contributed by atoms with Crippen LogP contribution < -0.4 is 11.1 Å². The molecule has 1 aromatic carbocycles. The summed E-state index contributed by atoms with van der Waals surface area (Å²) in [6.45, 7) is 1.82. The number of nitrogens with two attached hydrogens (primary N) is 1. The minimum absolute atomic E-state index is 0.385. The molecule has 2 heterocycles. The van der Waals surface area contributed by atoms with Crippen LogP contribution in [-0.4, -0.2) is 20.9 Å². The van der Waals surface area contributed by atoms with Crippen LogP contribution in [0.4, 0.5) is 10.2 Å². The molecule has 0 saturated carbocycles. The number of nitrogens with one attached hydrogen (secondary N) is 1. The van der Waals surface area contributed by atoms with E-state index in [1.807, 2.05) is 13.0 Å². The van der Waals surface area contributed by atoms with E-state index in [4.69, 9.17) is 5.73 Å². The van der Waals surface area contributed by atoms with Crippen LogP contribution in [0.1, 0.15) is 17.3 Å². The molecule has 3 N–H and O–H groups in total. The van der Waals surface area contributed by atoms with Crippen LogP contribution in [0.2, 0.25) is 0 Å². The van der Waals surface area contributed by atoms with Crippen LogP contribution in [0.5, 0.6) is 0 Å². The van der Waals surface area contributed by atoms with Gasteiger partial charge in [-0.1, -0.05) is 12.1 Å². The predicted octanol–water partition coefficient (Wildman–Crippen LogP) is 2.62. The summed E-state index contributed by atoms with van der Waals surface area (Å²) in [6, 6.07) is 10.1. The van der Waals surface area contributed by atoms with Crippen LogP contribution in [-0.2, 0) is 4.79 Å². The lowest BCUT2D eigenvalue weighted by Crippen LogP contribution is -2.28. The third-order valence-electron chi connectivity index (χ3n) is 3.55. The Morgan fingerprint density at radius 1 is 1.20 bits per heavy atom. The first-order valence-corrected chi connectivity index (χ1v) is 7.60. The number of anilines is 1. The second-order valence-corrected chi connectivity index (χ2v) is 5.49. The average molecular weight is 337 g/mol. The summed E-state index contributed by atoms with van der Waals surface area (Å²) in [4.78, 5) is 24.7. The molecule has 0 aliphatic heterocycles. The van der Waals surface area contributed by atoms with Crippen molar-refractivity contribution in [1.82, 2.24) is 15.0 Å². The molecule has 3 rings (SSSR count). The monoisotopic (exact) mass is 337 g/mol. The molecular formula is C18H16FN5O. The van der Waals surface area contributed by atoms with Gasteiger partial charge in [-0.15, -0.1) is 0 Å². The van der Waals surface area contributed by atoms with Gasteiger partial charge in [0, 0.05) is 29.7 Å². The summed E-state index contributed by atoms with van der Waals surface area (Å²) < 4.78 is 13.1. The van der Waals surface area contributed by atoms with E-state index in [9.17, 15) is 9.18 Å². The van der Waals surface area contributed by atoms with Crippen LogP contribution in [0, 0.1) is 12.7 Å². The number of rotatable bonds is 5. The summed E-state index contributed by atoms with van der Waals surface area (Å²) >= 11 is 0. The van der Waals surface area contributed by atoms with Crippen LogP contribution in [0.3, 0.4) is 0 Å². The molecule has 1 unspecified atom stereocenters. The van der Waals surface area contributed by atoms with Crippen molar-refractivity contribution in [2.24, 2.45) is 5.73 Å². The van der Waals surface area contributed by atoms with Gasteiger partial charge in [0.05, 0.1) is 0 Å². The number of aryl methyl sites for hydroxylation is 1. The van der Waals surface area contributed by atoms with Crippen molar-refractivity contribution in [3.05, 3.63) is 71.9 Å². The smallest absolute Gasteiger partial charge is 0.244 e. The Hall–Kier alpha value is -3.35. The third kappa shape index (κ3) is 3.95. The van der Waals surface area contributed by atoms with Gasteiger partial charge in [0.15, 0.2) is 5.82 Å². The molecule has 7 heteroatoms. The first-order valence-electron chi connectivity index (χ1n) is 7.60. The number of pyridine rings is 1. The molecule has 0 aliphatic carbocycles. The molecule has 6 nitrogen and oxygen atoms in total. The summed E-state index contributed by atoms with van der Waals surface area (Å²) in [5.74, 6) is -0.0491. The third-order valence-corrected chi connectivity index (χ3v) is 3.55. The highest BCUT2D eigenvalue weighted by Gasteiger charge is 2.19. The standard InChI is InChI=1S/C18H16FN5O/c1-11-9-15(24-18(22-11)13-3-2-8-21-10-13)23-16(17(20)25)12-4-6-14(19)7-5-12/h2-10,16H,1H3,(H2,20,25)(H,22,23,24). The fraction of sp³-hybridized carbons (Fsp3) is 0.111. The Labute approximate surface area is 144 Å². The van der Waals surface area contributed by atoms with Gasteiger partial charge in [0.1, 0.15) is 17.7 Å². The predicted molar refractivity (Wildman–Crippen MR) is 92.0 cm³/mol. The van der Waals surface area contributed by atoms with Gasteiger partial charge in [0.25, 0.3) is 0 Å². The van der Waals surface area contributed by atoms with E-state index in [1.54, 1.807) is 24.5 Å². The normalized spacial score (nSPS) is 11.8. The van der Waals surface area contributed by atoms with Gasteiger partial charge < -0.3 is 11.1 Å². The molecule has 1 amide bonds. The Morgan fingerprint density at radius 3 is 2.60 bits per heavy atom. The highest BCUT2D eigenvalue weighted by molar-refractivity contribution is 5.84. The molecule has 0 fully saturated rings. The second kappa shape index (κ2) is 7.04. The summed E-state index contributed by atoms with van der Waals surface area (Å²) in [5.41, 5.74) is 7.52. The number of carbonyl (C=O) groups excluding carboxylic acids is 1. The average Bonchev–Trinajstić information content (AvgIpc) is 2.61. The van der Waals surface area contributed by atoms with Crippen LogP contribution >= 0.6 is 0 Å². The van der Waals surface area contributed by atoms with Crippen LogP contribution in [0.15, 0.2) is 54.9 Å². The molecule has 0 bridgehead atoms. The highest BCUT2D eigenvalue weighted by Crippen LogP contribution is 2.22. The quantitative estimate of drug-likeness (QED) is 0.746. The van der Waals surface area contributed by atoms with Crippen molar-refractivity contribution in [2.75, 3.05) is 5.32 Å². The Balaban J connectivity index is 1.94. The van der Waals surface area contributed by atoms with E-state index < -0.39 is 11.9 Å². The van der Waals surface area contributed by atoms with Gasteiger partial charge in [-0.2, -0.15) is 0 Å². The van der Waals surface area contributed by atoms with Gasteiger partial charge in [0.2, 0.25) is 5.91 Å². The van der Waals surface area contributed by atoms with E-state index in [1.165, 1.54) is 24.3 Å². The minimum Gasteiger partial charge on any atom is -0.368 e. The van der Waals surface area contributed by atoms with Crippen molar-refractivity contribution in [2.45, 2.75) is 13.0 Å². The maximum atomic E-state index is 13.1. The number of aromatic nitrogens is 3. The first kappa shape index (κ1) is 16.5. The molecule has 2 aromatic heterocycles. The molecule has 0 radical (unpaired) electrons. The van der Waals surface area contributed by atoms with Crippen molar-refractivity contribution in [3.63, 3.8) is 0 Å². The number of carbonyl (C=O) groups is 1. The van der Waals surface area contributed by atoms with Gasteiger partial charge in [-0.25, -0.2) is 14.4 Å². The second-order valence-electron chi connectivity index (χ2n) is 5.49. The lowest BCUT2D eigenvalue weighted by atomic mass is 10.1. The van der Waals surface area contributed by atoms with Gasteiger partial charge in [-0.3, -0.25) is 9.78 Å². The first-order chi connectivity index (χ1) is 12.0. The number of amides is 1. The maximum absolute atomic E-state index is 13.1. The highest BCUT2D eigenvalue weighted by atomic mass is 19.1. The number of primary amides is 1. The zero-order chi connectivity index (χ0) is 17.8. The topological polar surface area (TPSA) is 93.8 Å². The molecular weight excluding hydrogens is 321 g/mol. The van der Waals surface area contributed by atoms with Crippen LogP contribution in [0.25, 0.3) is 11.4 Å². The maximum Gasteiger partial charge on any atom is 0.244 e.